The second kappa shape index (κ2) is 4.86. The highest BCUT2D eigenvalue weighted by Crippen LogP contribution is 2.26. The largest absolute Gasteiger partial charge is 0.313 e. The molecule has 1 saturated heterocycles. The summed E-state index contributed by atoms with van der Waals surface area (Å²) in [5, 5.41) is 3.67. The van der Waals surface area contributed by atoms with Gasteiger partial charge in [-0.1, -0.05) is 33.6 Å². The molecule has 1 N–H and O–H groups in total. The molecule has 0 aromatic carbocycles. The summed E-state index contributed by atoms with van der Waals surface area (Å²) in [6.45, 7) is 8.25. The number of piperidine rings is 1. The van der Waals surface area contributed by atoms with Crippen LogP contribution in [0.5, 0.6) is 0 Å². The monoisotopic (exact) mass is 169 g/mol. The molecule has 3 unspecified atom stereocenters. The van der Waals surface area contributed by atoms with Gasteiger partial charge in [-0.3, -0.25) is 0 Å². The minimum atomic E-state index is 0.800. The maximum Gasteiger partial charge on any atom is 0.0121 e. The standard InChI is InChI=1S/C11H23N/c1-4-9(3)11-10(5-2)7-6-8-12-11/h9-12H,4-8H2,1-3H3. The molecule has 3 atom stereocenters. The van der Waals surface area contributed by atoms with Gasteiger partial charge in [0.15, 0.2) is 0 Å². The third kappa shape index (κ3) is 2.22. The lowest BCUT2D eigenvalue weighted by molar-refractivity contribution is 0.208. The minimum Gasteiger partial charge on any atom is -0.313 e. The summed E-state index contributed by atoms with van der Waals surface area (Å²) in [7, 11) is 0. The lowest BCUT2D eigenvalue weighted by Gasteiger charge is -2.36. The van der Waals surface area contributed by atoms with Crippen LogP contribution in [0.2, 0.25) is 0 Å². The van der Waals surface area contributed by atoms with E-state index in [0.29, 0.717) is 0 Å². The Morgan fingerprint density at radius 3 is 2.75 bits per heavy atom. The lowest BCUT2D eigenvalue weighted by Crippen LogP contribution is -2.45. The minimum absolute atomic E-state index is 0.800. The molecule has 1 rings (SSSR count). The van der Waals surface area contributed by atoms with Crippen LogP contribution in [0.3, 0.4) is 0 Å². The van der Waals surface area contributed by atoms with Gasteiger partial charge in [-0.25, -0.2) is 0 Å². The smallest absolute Gasteiger partial charge is 0.0121 e. The Hall–Kier alpha value is -0.0400. The van der Waals surface area contributed by atoms with E-state index in [9.17, 15) is 0 Å². The summed E-state index contributed by atoms with van der Waals surface area (Å²) in [6, 6.07) is 0.800. The van der Waals surface area contributed by atoms with Gasteiger partial charge in [0.25, 0.3) is 0 Å². The average molecular weight is 169 g/mol. The van der Waals surface area contributed by atoms with E-state index >= 15 is 0 Å². The Morgan fingerprint density at radius 2 is 2.17 bits per heavy atom. The van der Waals surface area contributed by atoms with Crippen molar-refractivity contribution < 1.29 is 0 Å². The van der Waals surface area contributed by atoms with E-state index < -0.39 is 0 Å². The van der Waals surface area contributed by atoms with Crippen molar-refractivity contribution in [1.29, 1.82) is 0 Å². The van der Waals surface area contributed by atoms with Crippen molar-refractivity contribution in [3.8, 4) is 0 Å². The molecule has 1 heteroatoms. The van der Waals surface area contributed by atoms with E-state index in [1.165, 1.54) is 32.2 Å². The molecule has 1 heterocycles. The van der Waals surface area contributed by atoms with E-state index in [2.05, 4.69) is 26.1 Å². The first-order valence-electron chi connectivity index (χ1n) is 5.53. The van der Waals surface area contributed by atoms with Crippen LogP contribution < -0.4 is 5.32 Å². The molecule has 1 aliphatic rings. The lowest BCUT2D eigenvalue weighted by atomic mass is 9.81. The van der Waals surface area contributed by atoms with Crippen LogP contribution in [0.1, 0.15) is 46.5 Å². The fourth-order valence-corrected chi connectivity index (χ4v) is 2.36. The number of hydrogen-bond donors (Lipinski definition) is 1. The van der Waals surface area contributed by atoms with E-state index in [-0.39, 0.29) is 0 Å². The Bertz CT molecular complexity index is 122. The normalized spacial score (nSPS) is 33.2. The van der Waals surface area contributed by atoms with Gasteiger partial charge in [0.05, 0.1) is 0 Å². The second-order valence-corrected chi connectivity index (χ2v) is 4.18. The average Bonchev–Trinajstić information content (AvgIpc) is 2.16. The Labute approximate surface area is 76.9 Å². The fraction of sp³-hybridized carbons (Fsp3) is 1.00. The zero-order valence-electron chi connectivity index (χ0n) is 8.77. The van der Waals surface area contributed by atoms with Crippen LogP contribution in [0.25, 0.3) is 0 Å². The molecule has 0 radical (unpaired) electrons. The molecule has 72 valence electrons. The Kier molecular flexibility index (Phi) is 4.07. The molecule has 0 amide bonds. The van der Waals surface area contributed by atoms with Crippen molar-refractivity contribution in [2.75, 3.05) is 6.54 Å². The van der Waals surface area contributed by atoms with Gasteiger partial charge in [0, 0.05) is 6.04 Å². The third-order valence-corrected chi connectivity index (χ3v) is 3.42. The van der Waals surface area contributed by atoms with Gasteiger partial charge in [-0.2, -0.15) is 0 Å². The van der Waals surface area contributed by atoms with Crippen LogP contribution in [0.4, 0.5) is 0 Å². The zero-order chi connectivity index (χ0) is 8.97. The first-order valence-corrected chi connectivity index (χ1v) is 5.53. The van der Waals surface area contributed by atoms with Crippen LogP contribution in [-0.4, -0.2) is 12.6 Å². The first kappa shape index (κ1) is 10.0. The van der Waals surface area contributed by atoms with Gasteiger partial charge in [0.2, 0.25) is 0 Å². The van der Waals surface area contributed by atoms with Crippen molar-refractivity contribution in [2.24, 2.45) is 11.8 Å². The van der Waals surface area contributed by atoms with Crippen molar-refractivity contribution in [3.05, 3.63) is 0 Å². The summed E-state index contributed by atoms with van der Waals surface area (Å²) in [5.74, 6) is 1.80. The predicted octanol–water partition coefficient (Wildman–Crippen LogP) is 2.81. The van der Waals surface area contributed by atoms with Crippen LogP contribution >= 0.6 is 0 Å². The van der Waals surface area contributed by atoms with E-state index in [4.69, 9.17) is 0 Å². The van der Waals surface area contributed by atoms with Crippen molar-refractivity contribution in [2.45, 2.75) is 52.5 Å². The van der Waals surface area contributed by atoms with E-state index in [1.807, 2.05) is 0 Å². The predicted molar refractivity (Wildman–Crippen MR) is 54.3 cm³/mol. The molecule has 0 aliphatic carbocycles. The maximum absolute atomic E-state index is 3.67. The topological polar surface area (TPSA) is 12.0 Å². The first-order chi connectivity index (χ1) is 5.79. The summed E-state index contributed by atoms with van der Waals surface area (Å²) in [6.07, 6.45) is 5.49. The SMILES string of the molecule is CCC(C)C1NCCCC1CC. The van der Waals surface area contributed by atoms with Gasteiger partial charge in [-0.05, 0) is 31.2 Å². The third-order valence-electron chi connectivity index (χ3n) is 3.42. The maximum atomic E-state index is 3.67. The molecule has 1 fully saturated rings. The molecule has 0 saturated carbocycles. The van der Waals surface area contributed by atoms with Gasteiger partial charge in [0.1, 0.15) is 0 Å². The molecular weight excluding hydrogens is 146 g/mol. The van der Waals surface area contributed by atoms with Gasteiger partial charge in [-0.15, -0.1) is 0 Å². The van der Waals surface area contributed by atoms with Gasteiger partial charge >= 0.3 is 0 Å². The molecule has 0 bridgehead atoms. The highest BCUT2D eigenvalue weighted by atomic mass is 14.9. The number of hydrogen-bond acceptors (Lipinski definition) is 1. The molecule has 0 spiro atoms. The van der Waals surface area contributed by atoms with Crippen LogP contribution in [0, 0.1) is 11.8 Å². The van der Waals surface area contributed by atoms with Gasteiger partial charge < -0.3 is 5.32 Å². The summed E-state index contributed by atoms with van der Waals surface area (Å²) >= 11 is 0. The van der Waals surface area contributed by atoms with Crippen molar-refractivity contribution in [3.63, 3.8) is 0 Å². The molecule has 0 aromatic rings. The highest BCUT2D eigenvalue weighted by Gasteiger charge is 2.26. The quantitative estimate of drug-likeness (QED) is 0.685. The summed E-state index contributed by atoms with van der Waals surface area (Å²) in [5.41, 5.74) is 0. The van der Waals surface area contributed by atoms with E-state index in [1.54, 1.807) is 0 Å². The van der Waals surface area contributed by atoms with Crippen LogP contribution in [0.15, 0.2) is 0 Å². The highest BCUT2D eigenvalue weighted by molar-refractivity contribution is 4.83. The molecule has 12 heavy (non-hydrogen) atoms. The molecule has 1 nitrogen and oxygen atoms in total. The summed E-state index contributed by atoms with van der Waals surface area (Å²) < 4.78 is 0. The van der Waals surface area contributed by atoms with Crippen molar-refractivity contribution >= 4 is 0 Å². The zero-order valence-corrected chi connectivity index (χ0v) is 8.77. The number of rotatable bonds is 3. The van der Waals surface area contributed by atoms with Crippen molar-refractivity contribution in [1.82, 2.24) is 5.32 Å². The Balaban J connectivity index is 2.46. The summed E-state index contributed by atoms with van der Waals surface area (Å²) in [4.78, 5) is 0. The molecule has 1 aliphatic heterocycles. The Morgan fingerprint density at radius 1 is 1.42 bits per heavy atom. The van der Waals surface area contributed by atoms with E-state index in [0.717, 1.165) is 17.9 Å². The fourth-order valence-electron chi connectivity index (χ4n) is 2.36. The number of nitrogens with one attached hydrogen (secondary N) is 1. The van der Waals surface area contributed by atoms with Crippen LogP contribution in [-0.2, 0) is 0 Å². The molecular formula is C11H23N. The second-order valence-electron chi connectivity index (χ2n) is 4.18. The molecule has 0 aromatic heterocycles.